The van der Waals surface area contributed by atoms with Gasteiger partial charge in [0.25, 0.3) is 0 Å². The van der Waals surface area contributed by atoms with Crippen molar-refractivity contribution in [1.29, 1.82) is 0 Å². The number of halogens is 1. The maximum absolute atomic E-state index is 13.4. The van der Waals surface area contributed by atoms with Crippen molar-refractivity contribution in [3.8, 4) is 0 Å². The largest absolute Gasteiger partial charge is 0.365 e. The lowest BCUT2D eigenvalue weighted by atomic mass is 10.1. The van der Waals surface area contributed by atoms with Crippen molar-refractivity contribution in [3.05, 3.63) is 48.3 Å². The third-order valence-electron chi connectivity index (χ3n) is 3.50. The fourth-order valence-electron chi connectivity index (χ4n) is 2.36. The molecule has 0 radical (unpaired) electrons. The van der Waals surface area contributed by atoms with Crippen molar-refractivity contribution in [2.75, 3.05) is 18.5 Å². The van der Waals surface area contributed by atoms with E-state index in [-0.39, 0.29) is 11.9 Å². The predicted molar refractivity (Wildman–Crippen MR) is 79.2 cm³/mol. The summed E-state index contributed by atoms with van der Waals surface area (Å²) in [5.74, 6) is -0.248. The average molecular weight is 276 g/mol. The number of rotatable bonds is 5. The second-order valence-electron chi connectivity index (χ2n) is 5.16. The number of benzene rings is 1. The van der Waals surface area contributed by atoms with Crippen LogP contribution in [0, 0.1) is 5.82 Å². The smallest absolute Gasteiger partial charge is 0.125 e. The highest BCUT2D eigenvalue weighted by Gasteiger charge is 2.21. The van der Waals surface area contributed by atoms with Crippen LogP contribution in [0.2, 0.25) is 0 Å². The molecule has 0 aliphatic carbocycles. The van der Waals surface area contributed by atoms with E-state index < -0.39 is 0 Å². The third-order valence-corrected chi connectivity index (χ3v) is 3.50. The average Bonchev–Trinajstić information content (AvgIpc) is 2.89. The second kappa shape index (κ2) is 6.05. The standard InChI is InChI=1S/C15H21FN4/c1-11(2)20-10-18-9-15(20)14(8-17)19(3)13-6-4-5-12(16)7-13/h4-7,9-11,14H,8,17H2,1-3H3. The van der Waals surface area contributed by atoms with Gasteiger partial charge in [0.1, 0.15) is 5.82 Å². The molecule has 2 rings (SSSR count). The van der Waals surface area contributed by atoms with E-state index in [1.807, 2.05) is 30.5 Å². The molecular weight excluding hydrogens is 255 g/mol. The molecule has 2 N–H and O–H groups in total. The molecule has 4 nitrogen and oxygen atoms in total. The summed E-state index contributed by atoms with van der Waals surface area (Å²) in [5, 5.41) is 0. The third kappa shape index (κ3) is 2.82. The van der Waals surface area contributed by atoms with Gasteiger partial charge in [-0.05, 0) is 32.0 Å². The van der Waals surface area contributed by atoms with E-state index in [9.17, 15) is 4.39 Å². The molecule has 108 valence electrons. The van der Waals surface area contributed by atoms with Gasteiger partial charge in [-0.2, -0.15) is 0 Å². The first-order chi connectivity index (χ1) is 9.54. The van der Waals surface area contributed by atoms with Crippen molar-refractivity contribution >= 4 is 5.69 Å². The molecule has 1 aromatic carbocycles. The maximum atomic E-state index is 13.4. The molecule has 2 aromatic rings. The Balaban J connectivity index is 2.34. The van der Waals surface area contributed by atoms with Crippen LogP contribution in [-0.2, 0) is 0 Å². The van der Waals surface area contributed by atoms with Crippen LogP contribution in [0.4, 0.5) is 10.1 Å². The Hall–Kier alpha value is -1.88. The summed E-state index contributed by atoms with van der Waals surface area (Å²) in [5.41, 5.74) is 7.77. The first-order valence-electron chi connectivity index (χ1n) is 6.74. The molecule has 1 heterocycles. The Labute approximate surface area is 119 Å². The Kier molecular flexibility index (Phi) is 4.39. The normalized spacial score (nSPS) is 12.7. The van der Waals surface area contributed by atoms with Gasteiger partial charge in [0.15, 0.2) is 0 Å². The topological polar surface area (TPSA) is 47.1 Å². The second-order valence-corrected chi connectivity index (χ2v) is 5.16. The highest BCUT2D eigenvalue weighted by atomic mass is 19.1. The number of anilines is 1. The summed E-state index contributed by atoms with van der Waals surface area (Å²) < 4.78 is 15.5. The molecule has 1 atom stereocenters. The van der Waals surface area contributed by atoms with Gasteiger partial charge >= 0.3 is 0 Å². The SMILES string of the molecule is CC(C)n1cncc1C(CN)N(C)c1cccc(F)c1. The zero-order valence-corrected chi connectivity index (χ0v) is 12.1. The van der Waals surface area contributed by atoms with Crippen molar-refractivity contribution in [2.45, 2.75) is 25.9 Å². The van der Waals surface area contributed by atoms with Gasteiger partial charge in [0.05, 0.1) is 24.3 Å². The highest BCUT2D eigenvalue weighted by Crippen LogP contribution is 2.26. The zero-order valence-electron chi connectivity index (χ0n) is 12.1. The summed E-state index contributed by atoms with van der Waals surface area (Å²) in [7, 11) is 1.92. The van der Waals surface area contributed by atoms with E-state index in [1.54, 1.807) is 6.07 Å². The number of nitrogens with zero attached hydrogens (tertiary/aromatic N) is 3. The van der Waals surface area contributed by atoms with Crippen molar-refractivity contribution in [3.63, 3.8) is 0 Å². The fourth-order valence-corrected chi connectivity index (χ4v) is 2.36. The number of likely N-dealkylation sites (N-methyl/N-ethyl adjacent to an activating group) is 1. The lowest BCUT2D eigenvalue weighted by Crippen LogP contribution is -2.32. The van der Waals surface area contributed by atoms with E-state index >= 15 is 0 Å². The molecule has 0 amide bonds. The van der Waals surface area contributed by atoms with Crippen LogP contribution in [0.5, 0.6) is 0 Å². The van der Waals surface area contributed by atoms with Gasteiger partial charge in [-0.15, -0.1) is 0 Å². The molecule has 20 heavy (non-hydrogen) atoms. The molecule has 1 aromatic heterocycles. The van der Waals surface area contributed by atoms with Crippen LogP contribution >= 0.6 is 0 Å². The number of hydrogen-bond acceptors (Lipinski definition) is 3. The van der Waals surface area contributed by atoms with E-state index in [4.69, 9.17) is 5.73 Å². The van der Waals surface area contributed by atoms with Crippen LogP contribution in [0.1, 0.15) is 31.6 Å². The monoisotopic (exact) mass is 276 g/mol. The van der Waals surface area contributed by atoms with Crippen molar-refractivity contribution in [2.24, 2.45) is 5.73 Å². The van der Waals surface area contributed by atoms with E-state index in [0.29, 0.717) is 12.6 Å². The summed E-state index contributed by atoms with van der Waals surface area (Å²) in [6, 6.07) is 6.80. The van der Waals surface area contributed by atoms with Crippen LogP contribution in [0.25, 0.3) is 0 Å². The lowest BCUT2D eigenvalue weighted by Gasteiger charge is -2.30. The minimum Gasteiger partial charge on any atom is -0.365 e. The van der Waals surface area contributed by atoms with Gasteiger partial charge in [-0.3, -0.25) is 0 Å². The molecule has 0 aliphatic heterocycles. The van der Waals surface area contributed by atoms with Gasteiger partial charge in [0, 0.05) is 25.3 Å². The molecule has 0 spiro atoms. The Morgan fingerprint density at radius 3 is 2.75 bits per heavy atom. The number of nitrogens with two attached hydrogens (primary N) is 1. The Morgan fingerprint density at radius 2 is 2.15 bits per heavy atom. The van der Waals surface area contributed by atoms with Gasteiger partial charge in [0.2, 0.25) is 0 Å². The highest BCUT2D eigenvalue weighted by molar-refractivity contribution is 5.47. The molecule has 5 heteroatoms. The Bertz CT molecular complexity index is 565. The molecule has 0 bridgehead atoms. The van der Waals surface area contributed by atoms with E-state index in [2.05, 4.69) is 23.4 Å². The first-order valence-corrected chi connectivity index (χ1v) is 6.74. The quantitative estimate of drug-likeness (QED) is 0.913. The predicted octanol–water partition coefficient (Wildman–Crippen LogP) is 2.74. The van der Waals surface area contributed by atoms with Crippen LogP contribution < -0.4 is 10.6 Å². The van der Waals surface area contributed by atoms with Crippen LogP contribution in [0.3, 0.4) is 0 Å². The summed E-state index contributed by atoms with van der Waals surface area (Å²) in [4.78, 5) is 6.20. The number of hydrogen-bond donors (Lipinski definition) is 1. The molecule has 0 aliphatic rings. The van der Waals surface area contributed by atoms with Crippen LogP contribution in [0.15, 0.2) is 36.8 Å². The molecule has 0 saturated carbocycles. The molecular formula is C15H21FN4. The minimum absolute atomic E-state index is 0.0401. The maximum Gasteiger partial charge on any atom is 0.125 e. The summed E-state index contributed by atoms with van der Waals surface area (Å²) in [6.45, 7) is 4.63. The number of aromatic nitrogens is 2. The lowest BCUT2D eigenvalue weighted by molar-refractivity contribution is 0.532. The number of imidazole rings is 1. The van der Waals surface area contributed by atoms with Gasteiger partial charge in [-0.25, -0.2) is 9.37 Å². The van der Waals surface area contributed by atoms with Gasteiger partial charge < -0.3 is 15.2 Å². The van der Waals surface area contributed by atoms with Crippen LogP contribution in [-0.4, -0.2) is 23.1 Å². The Morgan fingerprint density at radius 1 is 1.40 bits per heavy atom. The van der Waals surface area contributed by atoms with E-state index in [0.717, 1.165) is 11.4 Å². The van der Waals surface area contributed by atoms with Crippen molar-refractivity contribution in [1.82, 2.24) is 9.55 Å². The first kappa shape index (κ1) is 14.5. The molecule has 0 fully saturated rings. The molecule has 0 saturated heterocycles. The summed E-state index contributed by atoms with van der Waals surface area (Å²) in [6.07, 6.45) is 3.63. The fraction of sp³-hybridized carbons (Fsp3) is 0.400. The van der Waals surface area contributed by atoms with Crippen molar-refractivity contribution < 1.29 is 4.39 Å². The molecule has 1 unspecified atom stereocenters. The van der Waals surface area contributed by atoms with Gasteiger partial charge in [-0.1, -0.05) is 6.07 Å². The minimum atomic E-state index is -0.248. The summed E-state index contributed by atoms with van der Waals surface area (Å²) >= 11 is 0. The zero-order chi connectivity index (χ0) is 14.7. The van der Waals surface area contributed by atoms with E-state index in [1.165, 1.54) is 12.1 Å².